The summed E-state index contributed by atoms with van der Waals surface area (Å²) in [6.07, 6.45) is 1.94. The molecule has 1 atom stereocenters. The zero-order valence-corrected chi connectivity index (χ0v) is 11.5. The van der Waals surface area contributed by atoms with E-state index in [1.54, 1.807) is 30.5 Å². The quantitative estimate of drug-likeness (QED) is 0.856. The van der Waals surface area contributed by atoms with Gasteiger partial charge in [-0.3, -0.25) is 4.99 Å². The summed E-state index contributed by atoms with van der Waals surface area (Å²) < 4.78 is 0. The van der Waals surface area contributed by atoms with E-state index in [-0.39, 0.29) is 0 Å². The minimum atomic E-state index is -0.931. The number of nitrogens with zero attached hydrogens (tertiary/aromatic N) is 1. The summed E-state index contributed by atoms with van der Waals surface area (Å²) in [4.78, 5) is 15.4. The molecular weight excluding hydrogens is 274 g/mol. The number of carboxylic acid groups (broad SMARTS) is 1. The molecule has 0 aliphatic rings. The second kappa shape index (κ2) is 6.87. The van der Waals surface area contributed by atoms with E-state index in [4.69, 9.17) is 11.6 Å². The number of aliphatic carboxylic acids is 1. The molecule has 2 aromatic rings. The lowest BCUT2D eigenvalue weighted by atomic mass is 10.1. The van der Waals surface area contributed by atoms with Crippen molar-refractivity contribution in [2.24, 2.45) is 4.99 Å². The van der Waals surface area contributed by atoms with E-state index in [9.17, 15) is 9.90 Å². The number of aliphatic imine (C=N–C) groups is 1. The molecule has 20 heavy (non-hydrogen) atoms. The fourth-order valence-electron chi connectivity index (χ4n) is 1.77. The SMILES string of the molecule is O=C(O)[C@H](Cc1ccccc1)/N=C/c1ccc(Cl)cc1. The predicted octanol–water partition coefficient (Wildman–Crippen LogP) is 3.45. The van der Waals surface area contributed by atoms with E-state index in [0.717, 1.165) is 11.1 Å². The summed E-state index contributed by atoms with van der Waals surface area (Å²) in [6, 6.07) is 15.8. The summed E-state index contributed by atoms with van der Waals surface area (Å²) in [5.74, 6) is -0.931. The number of hydrogen-bond donors (Lipinski definition) is 1. The Hall–Kier alpha value is -2.13. The van der Waals surface area contributed by atoms with Gasteiger partial charge in [-0.15, -0.1) is 0 Å². The highest BCUT2D eigenvalue weighted by Crippen LogP contribution is 2.09. The predicted molar refractivity (Wildman–Crippen MR) is 80.6 cm³/mol. The molecule has 0 aliphatic carbocycles. The van der Waals surface area contributed by atoms with Crippen LogP contribution < -0.4 is 0 Å². The Bertz CT molecular complexity index is 594. The van der Waals surface area contributed by atoms with E-state index in [1.165, 1.54) is 0 Å². The fraction of sp³-hybridized carbons (Fsp3) is 0.125. The maximum atomic E-state index is 11.2. The molecule has 4 heteroatoms. The maximum Gasteiger partial charge on any atom is 0.328 e. The number of rotatable bonds is 5. The smallest absolute Gasteiger partial charge is 0.328 e. The maximum absolute atomic E-state index is 11.2. The van der Waals surface area contributed by atoms with Gasteiger partial charge in [0.25, 0.3) is 0 Å². The van der Waals surface area contributed by atoms with Crippen LogP contribution in [0.2, 0.25) is 5.02 Å². The second-order valence-electron chi connectivity index (χ2n) is 4.37. The first-order valence-electron chi connectivity index (χ1n) is 6.20. The third kappa shape index (κ3) is 4.21. The summed E-state index contributed by atoms with van der Waals surface area (Å²) in [6.45, 7) is 0. The molecule has 0 heterocycles. The van der Waals surface area contributed by atoms with Crippen molar-refractivity contribution in [2.75, 3.05) is 0 Å². The van der Waals surface area contributed by atoms with E-state index >= 15 is 0 Å². The molecule has 0 aromatic heterocycles. The zero-order chi connectivity index (χ0) is 14.4. The molecule has 0 unspecified atom stereocenters. The van der Waals surface area contributed by atoms with E-state index in [2.05, 4.69) is 4.99 Å². The van der Waals surface area contributed by atoms with Gasteiger partial charge in [0.05, 0.1) is 0 Å². The van der Waals surface area contributed by atoms with E-state index < -0.39 is 12.0 Å². The van der Waals surface area contributed by atoms with Gasteiger partial charge in [0.15, 0.2) is 6.04 Å². The van der Waals surface area contributed by atoms with Crippen LogP contribution >= 0.6 is 11.6 Å². The van der Waals surface area contributed by atoms with Gasteiger partial charge in [0.2, 0.25) is 0 Å². The van der Waals surface area contributed by atoms with Crippen molar-refractivity contribution in [2.45, 2.75) is 12.5 Å². The minimum absolute atomic E-state index is 0.375. The largest absolute Gasteiger partial charge is 0.480 e. The summed E-state index contributed by atoms with van der Waals surface area (Å²) in [5, 5.41) is 9.86. The van der Waals surface area contributed by atoms with Crippen LogP contribution in [0.1, 0.15) is 11.1 Å². The van der Waals surface area contributed by atoms with Crippen molar-refractivity contribution in [3.8, 4) is 0 Å². The van der Waals surface area contributed by atoms with Gasteiger partial charge in [-0.05, 0) is 23.3 Å². The first kappa shape index (κ1) is 14.3. The van der Waals surface area contributed by atoms with Crippen LogP contribution in [0, 0.1) is 0 Å². The second-order valence-corrected chi connectivity index (χ2v) is 4.81. The van der Waals surface area contributed by atoms with Crippen molar-refractivity contribution in [3.05, 3.63) is 70.7 Å². The van der Waals surface area contributed by atoms with Gasteiger partial charge in [-0.2, -0.15) is 0 Å². The molecule has 1 N–H and O–H groups in total. The lowest BCUT2D eigenvalue weighted by molar-refractivity contribution is -0.138. The Morgan fingerprint density at radius 3 is 2.40 bits per heavy atom. The Morgan fingerprint density at radius 2 is 1.80 bits per heavy atom. The van der Waals surface area contributed by atoms with Gasteiger partial charge in [-0.25, -0.2) is 4.79 Å². The van der Waals surface area contributed by atoms with Crippen molar-refractivity contribution in [1.29, 1.82) is 0 Å². The van der Waals surface area contributed by atoms with Crippen LogP contribution in [0.3, 0.4) is 0 Å². The summed E-state index contributed by atoms with van der Waals surface area (Å²) in [7, 11) is 0. The molecule has 0 amide bonds. The topological polar surface area (TPSA) is 49.7 Å². The summed E-state index contributed by atoms with van der Waals surface area (Å²) in [5.41, 5.74) is 1.78. The molecule has 0 radical (unpaired) electrons. The molecule has 2 aromatic carbocycles. The highest BCUT2D eigenvalue weighted by Gasteiger charge is 2.15. The molecule has 0 fully saturated rings. The van der Waals surface area contributed by atoms with Crippen LogP contribution in [-0.2, 0) is 11.2 Å². The first-order chi connectivity index (χ1) is 9.65. The van der Waals surface area contributed by atoms with Crippen LogP contribution in [0.4, 0.5) is 0 Å². The van der Waals surface area contributed by atoms with E-state index in [1.807, 2.05) is 30.3 Å². The van der Waals surface area contributed by atoms with Crippen LogP contribution in [0.15, 0.2) is 59.6 Å². The van der Waals surface area contributed by atoms with Crippen molar-refractivity contribution in [1.82, 2.24) is 0 Å². The highest BCUT2D eigenvalue weighted by molar-refractivity contribution is 6.30. The number of carbonyl (C=O) groups is 1. The molecule has 0 saturated carbocycles. The highest BCUT2D eigenvalue weighted by atomic mass is 35.5. The Balaban J connectivity index is 2.09. The number of carboxylic acids is 1. The number of halogens is 1. The minimum Gasteiger partial charge on any atom is -0.480 e. The average Bonchev–Trinajstić information content (AvgIpc) is 2.46. The summed E-state index contributed by atoms with van der Waals surface area (Å²) >= 11 is 5.79. The lowest BCUT2D eigenvalue weighted by Crippen LogP contribution is -2.20. The molecule has 0 bridgehead atoms. The molecular formula is C16H14ClNO2. The normalized spacial score (nSPS) is 12.4. The third-order valence-electron chi connectivity index (χ3n) is 2.83. The molecule has 2 rings (SSSR count). The van der Waals surface area contributed by atoms with Crippen molar-refractivity contribution < 1.29 is 9.90 Å². The lowest BCUT2D eigenvalue weighted by Gasteiger charge is -2.07. The number of benzene rings is 2. The Kier molecular flexibility index (Phi) is 4.91. The Morgan fingerprint density at radius 1 is 1.15 bits per heavy atom. The Labute approximate surface area is 122 Å². The fourth-order valence-corrected chi connectivity index (χ4v) is 1.89. The van der Waals surface area contributed by atoms with Crippen LogP contribution in [0.5, 0.6) is 0 Å². The van der Waals surface area contributed by atoms with Crippen molar-refractivity contribution in [3.63, 3.8) is 0 Å². The standard InChI is InChI=1S/C16H14ClNO2/c17-14-8-6-13(7-9-14)11-18-15(16(19)20)10-12-4-2-1-3-5-12/h1-9,11,15H,10H2,(H,19,20)/b18-11+/t15-/m0/s1. The third-order valence-corrected chi connectivity index (χ3v) is 3.08. The molecule has 0 spiro atoms. The first-order valence-corrected chi connectivity index (χ1v) is 6.58. The molecule has 0 saturated heterocycles. The monoisotopic (exact) mass is 287 g/mol. The zero-order valence-electron chi connectivity index (χ0n) is 10.7. The molecule has 102 valence electrons. The van der Waals surface area contributed by atoms with Crippen molar-refractivity contribution >= 4 is 23.8 Å². The number of hydrogen-bond acceptors (Lipinski definition) is 2. The van der Waals surface area contributed by atoms with Crippen LogP contribution in [-0.4, -0.2) is 23.3 Å². The van der Waals surface area contributed by atoms with Gasteiger partial charge in [0.1, 0.15) is 0 Å². The molecule has 0 aliphatic heterocycles. The van der Waals surface area contributed by atoms with Gasteiger partial charge in [-0.1, -0.05) is 54.1 Å². The van der Waals surface area contributed by atoms with E-state index in [0.29, 0.717) is 11.4 Å². The average molecular weight is 288 g/mol. The van der Waals surface area contributed by atoms with Crippen LogP contribution in [0.25, 0.3) is 0 Å². The van der Waals surface area contributed by atoms with Gasteiger partial charge in [0, 0.05) is 17.7 Å². The van der Waals surface area contributed by atoms with Gasteiger partial charge < -0.3 is 5.11 Å². The molecule has 3 nitrogen and oxygen atoms in total. The van der Waals surface area contributed by atoms with Gasteiger partial charge >= 0.3 is 5.97 Å².